The van der Waals surface area contributed by atoms with Crippen LogP contribution in [0.2, 0.25) is 0 Å². The van der Waals surface area contributed by atoms with Crippen LogP contribution in [0.15, 0.2) is 66.7 Å². The number of carbonyl (C=O) groups excluding carboxylic acids is 2. The molecule has 0 fully saturated rings. The molecule has 0 aliphatic rings. The van der Waals surface area contributed by atoms with E-state index in [0.29, 0.717) is 5.69 Å². The third-order valence-corrected chi connectivity index (χ3v) is 5.97. The maximum Gasteiger partial charge on any atom is 0.246 e. The predicted molar refractivity (Wildman–Crippen MR) is 132 cm³/mol. The molecule has 4 aromatic rings. The zero-order valence-corrected chi connectivity index (χ0v) is 18.9. The molecule has 2 amide bonds. The van der Waals surface area contributed by atoms with E-state index in [2.05, 4.69) is 35.0 Å². The standard InChI is InChI=1S/C25H24N4O2S/c1-15-7-12-22-23(13-15)32-25(29-22)18-8-10-19(11-9-18)28-24(31)16(2)26-20-5-4-6-21(14-20)27-17(3)30/h4-14,16,26H,1-3H3,(H,27,30)(H,28,31). The summed E-state index contributed by atoms with van der Waals surface area (Å²) in [5.41, 5.74) is 5.38. The molecule has 0 aliphatic heterocycles. The van der Waals surface area contributed by atoms with Crippen LogP contribution in [0.25, 0.3) is 20.8 Å². The van der Waals surface area contributed by atoms with E-state index < -0.39 is 6.04 Å². The topological polar surface area (TPSA) is 83.1 Å². The molecule has 0 aliphatic carbocycles. The molecule has 162 valence electrons. The monoisotopic (exact) mass is 444 g/mol. The van der Waals surface area contributed by atoms with Crippen molar-refractivity contribution in [2.45, 2.75) is 26.8 Å². The SMILES string of the molecule is CC(=O)Nc1cccc(NC(C)C(=O)Nc2ccc(-c3nc4ccc(C)cc4s3)cc2)c1. The largest absolute Gasteiger partial charge is 0.374 e. The molecule has 7 heteroatoms. The van der Waals surface area contributed by atoms with Crippen molar-refractivity contribution in [1.82, 2.24) is 4.98 Å². The first-order chi connectivity index (χ1) is 15.4. The molecule has 0 bridgehead atoms. The highest BCUT2D eigenvalue weighted by Gasteiger charge is 2.14. The molecule has 0 radical (unpaired) electrons. The van der Waals surface area contributed by atoms with Gasteiger partial charge >= 0.3 is 0 Å². The first-order valence-corrected chi connectivity index (χ1v) is 11.1. The van der Waals surface area contributed by atoms with Gasteiger partial charge in [0.25, 0.3) is 0 Å². The lowest BCUT2D eigenvalue weighted by Gasteiger charge is -2.16. The summed E-state index contributed by atoms with van der Waals surface area (Å²) in [4.78, 5) is 28.6. The minimum Gasteiger partial charge on any atom is -0.374 e. The molecule has 1 heterocycles. The third-order valence-electron chi connectivity index (χ3n) is 4.90. The Balaban J connectivity index is 1.40. The summed E-state index contributed by atoms with van der Waals surface area (Å²) in [6.45, 7) is 5.32. The fraction of sp³-hybridized carbons (Fsp3) is 0.160. The maximum absolute atomic E-state index is 12.6. The lowest BCUT2D eigenvalue weighted by Crippen LogP contribution is -2.31. The maximum atomic E-state index is 12.6. The van der Waals surface area contributed by atoms with Gasteiger partial charge < -0.3 is 16.0 Å². The van der Waals surface area contributed by atoms with Gasteiger partial charge in [0.05, 0.1) is 10.2 Å². The summed E-state index contributed by atoms with van der Waals surface area (Å²) in [7, 11) is 0. The molecule has 4 rings (SSSR count). The van der Waals surface area contributed by atoms with E-state index in [0.717, 1.165) is 27.5 Å². The van der Waals surface area contributed by atoms with E-state index in [9.17, 15) is 9.59 Å². The van der Waals surface area contributed by atoms with Gasteiger partial charge in [-0.3, -0.25) is 9.59 Å². The smallest absolute Gasteiger partial charge is 0.246 e. The molecule has 3 aromatic carbocycles. The Kier molecular flexibility index (Phi) is 6.18. The van der Waals surface area contributed by atoms with Crippen LogP contribution in [-0.4, -0.2) is 22.8 Å². The number of hydrogen-bond donors (Lipinski definition) is 3. The van der Waals surface area contributed by atoms with Gasteiger partial charge in [-0.05, 0) is 74.0 Å². The Bertz CT molecular complexity index is 1280. The van der Waals surface area contributed by atoms with Crippen molar-refractivity contribution in [3.8, 4) is 10.6 Å². The molecule has 1 unspecified atom stereocenters. The van der Waals surface area contributed by atoms with Crippen molar-refractivity contribution in [3.05, 3.63) is 72.3 Å². The van der Waals surface area contributed by atoms with Crippen LogP contribution in [0.3, 0.4) is 0 Å². The Morgan fingerprint density at radius 2 is 1.66 bits per heavy atom. The average Bonchev–Trinajstić information content (AvgIpc) is 3.17. The molecule has 0 saturated carbocycles. The lowest BCUT2D eigenvalue weighted by atomic mass is 10.2. The van der Waals surface area contributed by atoms with E-state index in [1.54, 1.807) is 30.4 Å². The molecule has 0 saturated heterocycles. The number of nitrogens with zero attached hydrogens (tertiary/aromatic N) is 1. The highest BCUT2D eigenvalue weighted by molar-refractivity contribution is 7.21. The molecule has 0 spiro atoms. The average molecular weight is 445 g/mol. The summed E-state index contributed by atoms with van der Waals surface area (Å²) in [6, 6.07) is 20.7. The van der Waals surface area contributed by atoms with E-state index in [1.807, 2.05) is 42.5 Å². The van der Waals surface area contributed by atoms with Crippen LogP contribution in [0.1, 0.15) is 19.4 Å². The molecule has 1 atom stereocenters. The number of anilines is 3. The number of aryl methyl sites for hydroxylation is 1. The van der Waals surface area contributed by atoms with E-state index in [1.165, 1.54) is 17.2 Å². The van der Waals surface area contributed by atoms with Crippen molar-refractivity contribution < 1.29 is 9.59 Å². The zero-order chi connectivity index (χ0) is 22.7. The third kappa shape index (κ3) is 5.12. The second kappa shape index (κ2) is 9.20. The summed E-state index contributed by atoms with van der Waals surface area (Å²) in [6.07, 6.45) is 0. The number of aromatic nitrogens is 1. The minimum atomic E-state index is -0.463. The number of nitrogens with one attached hydrogen (secondary N) is 3. The highest BCUT2D eigenvalue weighted by atomic mass is 32.1. The number of rotatable bonds is 6. The van der Waals surface area contributed by atoms with Gasteiger partial charge in [0.2, 0.25) is 11.8 Å². The van der Waals surface area contributed by atoms with Gasteiger partial charge in [0, 0.05) is 29.5 Å². The summed E-state index contributed by atoms with van der Waals surface area (Å²) in [5.74, 6) is -0.296. The van der Waals surface area contributed by atoms with Gasteiger partial charge in [-0.25, -0.2) is 4.98 Å². The van der Waals surface area contributed by atoms with Crippen molar-refractivity contribution in [3.63, 3.8) is 0 Å². The van der Waals surface area contributed by atoms with Crippen LogP contribution >= 0.6 is 11.3 Å². The van der Waals surface area contributed by atoms with Crippen molar-refractivity contribution in [2.75, 3.05) is 16.0 Å². The molecular formula is C25H24N4O2S. The van der Waals surface area contributed by atoms with Gasteiger partial charge in [0.15, 0.2) is 0 Å². The number of thiazole rings is 1. The van der Waals surface area contributed by atoms with Crippen LogP contribution in [0, 0.1) is 6.92 Å². The Morgan fingerprint density at radius 3 is 2.41 bits per heavy atom. The molecular weight excluding hydrogens is 420 g/mol. The van der Waals surface area contributed by atoms with Crippen molar-refractivity contribution >= 4 is 50.4 Å². The normalized spacial score (nSPS) is 11.7. The van der Waals surface area contributed by atoms with Gasteiger partial charge in [0.1, 0.15) is 11.0 Å². The lowest BCUT2D eigenvalue weighted by molar-refractivity contribution is -0.116. The van der Waals surface area contributed by atoms with Crippen molar-refractivity contribution in [2.24, 2.45) is 0 Å². The van der Waals surface area contributed by atoms with Gasteiger partial charge in [-0.15, -0.1) is 11.3 Å². The van der Waals surface area contributed by atoms with E-state index in [-0.39, 0.29) is 11.8 Å². The minimum absolute atomic E-state index is 0.141. The van der Waals surface area contributed by atoms with E-state index >= 15 is 0 Å². The predicted octanol–water partition coefficient (Wildman–Crippen LogP) is 5.67. The van der Waals surface area contributed by atoms with Gasteiger partial charge in [-0.1, -0.05) is 12.1 Å². The first-order valence-electron chi connectivity index (χ1n) is 10.3. The van der Waals surface area contributed by atoms with Crippen LogP contribution in [0.4, 0.5) is 17.1 Å². The molecule has 1 aromatic heterocycles. The van der Waals surface area contributed by atoms with E-state index in [4.69, 9.17) is 4.98 Å². The summed E-state index contributed by atoms with van der Waals surface area (Å²) >= 11 is 1.66. The summed E-state index contributed by atoms with van der Waals surface area (Å²) < 4.78 is 1.17. The second-order valence-corrected chi connectivity index (χ2v) is 8.72. The number of amides is 2. The Hall–Kier alpha value is -3.71. The van der Waals surface area contributed by atoms with Crippen LogP contribution < -0.4 is 16.0 Å². The summed E-state index contributed by atoms with van der Waals surface area (Å²) in [5, 5.41) is 9.78. The molecule has 3 N–H and O–H groups in total. The zero-order valence-electron chi connectivity index (χ0n) is 18.1. The van der Waals surface area contributed by atoms with Crippen molar-refractivity contribution in [1.29, 1.82) is 0 Å². The number of benzene rings is 3. The number of fused-ring (bicyclic) bond motifs is 1. The quantitative estimate of drug-likeness (QED) is 0.358. The Morgan fingerprint density at radius 1 is 0.906 bits per heavy atom. The first kappa shape index (κ1) is 21.5. The number of hydrogen-bond acceptors (Lipinski definition) is 5. The highest BCUT2D eigenvalue weighted by Crippen LogP contribution is 2.31. The number of carbonyl (C=O) groups is 2. The fourth-order valence-electron chi connectivity index (χ4n) is 3.31. The fourth-order valence-corrected chi connectivity index (χ4v) is 4.38. The van der Waals surface area contributed by atoms with Crippen LogP contribution in [0.5, 0.6) is 0 Å². The second-order valence-electron chi connectivity index (χ2n) is 7.68. The van der Waals surface area contributed by atoms with Crippen LogP contribution in [-0.2, 0) is 9.59 Å². The molecule has 32 heavy (non-hydrogen) atoms. The Labute approximate surface area is 190 Å². The molecule has 6 nitrogen and oxygen atoms in total. The van der Waals surface area contributed by atoms with Gasteiger partial charge in [-0.2, -0.15) is 0 Å².